The lowest BCUT2D eigenvalue weighted by atomic mass is 10.1. The molecule has 1 N–H and O–H groups in total. The molecule has 0 amide bonds. The second-order valence-corrected chi connectivity index (χ2v) is 4.50. The first-order valence-electron chi connectivity index (χ1n) is 4.14. The zero-order chi connectivity index (χ0) is 8.54. The Balaban J connectivity index is 2.29. The molecule has 2 heteroatoms. The van der Waals surface area contributed by atoms with Gasteiger partial charge in [-0.05, 0) is 33.6 Å². The van der Waals surface area contributed by atoms with Gasteiger partial charge in [0.05, 0.1) is 11.5 Å². The van der Waals surface area contributed by atoms with Gasteiger partial charge in [-0.2, -0.15) is 5.26 Å². The number of nitriles is 1. The highest BCUT2D eigenvalue weighted by Crippen LogP contribution is 2.44. The minimum absolute atomic E-state index is 0.00667. The zero-order valence-electron chi connectivity index (χ0n) is 7.57. The van der Waals surface area contributed by atoms with E-state index in [4.69, 9.17) is 5.26 Å². The van der Waals surface area contributed by atoms with Crippen molar-refractivity contribution in [1.29, 1.82) is 5.26 Å². The van der Waals surface area contributed by atoms with Crippen LogP contribution in [0, 0.1) is 16.7 Å². The van der Waals surface area contributed by atoms with Crippen molar-refractivity contribution in [1.82, 2.24) is 5.32 Å². The predicted molar refractivity (Wildman–Crippen MR) is 45.0 cm³/mol. The summed E-state index contributed by atoms with van der Waals surface area (Å²) in [5, 5.41) is 12.1. The number of hydrogen-bond donors (Lipinski definition) is 1. The zero-order valence-corrected chi connectivity index (χ0v) is 7.57. The van der Waals surface area contributed by atoms with Gasteiger partial charge in [0.25, 0.3) is 0 Å². The minimum Gasteiger partial charge on any atom is -0.310 e. The third kappa shape index (κ3) is 2.51. The van der Waals surface area contributed by atoms with Crippen molar-refractivity contribution in [2.24, 2.45) is 5.41 Å². The molecule has 0 aliphatic heterocycles. The maximum atomic E-state index is 8.76. The van der Waals surface area contributed by atoms with Crippen molar-refractivity contribution >= 4 is 0 Å². The Morgan fingerprint density at radius 2 is 2.00 bits per heavy atom. The van der Waals surface area contributed by atoms with Crippen LogP contribution in [0.4, 0.5) is 0 Å². The van der Waals surface area contributed by atoms with Crippen LogP contribution >= 0.6 is 0 Å². The Labute approximate surface area is 68.6 Å². The first-order chi connectivity index (χ1) is 4.97. The second kappa shape index (κ2) is 2.49. The maximum Gasteiger partial charge on any atom is 0.0703 e. The van der Waals surface area contributed by atoms with E-state index in [0.29, 0.717) is 0 Å². The molecule has 0 aromatic heterocycles. The molecule has 1 rings (SSSR count). The van der Waals surface area contributed by atoms with Crippen LogP contribution in [0.25, 0.3) is 0 Å². The molecule has 0 spiro atoms. The van der Waals surface area contributed by atoms with Crippen LogP contribution in [-0.2, 0) is 0 Å². The SMILES string of the molecule is CC(C)(C)NCC1(C#N)CC1. The molecule has 0 unspecified atom stereocenters. The van der Waals surface area contributed by atoms with Crippen LogP contribution in [0.5, 0.6) is 0 Å². The van der Waals surface area contributed by atoms with E-state index in [9.17, 15) is 0 Å². The molecule has 2 nitrogen and oxygen atoms in total. The molecule has 11 heavy (non-hydrogen) atoms. The molecule has 1 aliphatic carbocycles. The van der Waals surface area contributed by atoms with E-state index < -0.39 is 0 Å². The average molecular weight is 152 g/mol. The fourth-order valence-electron chi connectivity index (χ4n) is 0.913. The Bertz CT molecular complexity index is 179. The third-order valence-corrected chi connectivity index (χ3v) is 2.05. The van der Waals surface area contributed by atoms with Crippen molar-refractivity contribution < 1.29 is 0 Å². The van der Waals surface area contributed by atoms with Crippen LogP contribution in [0.15, 0.2) is 0 Å². The summed E-state index contributed by atoms with van der Waals surface area (Å²) in [5.74, 6) is 0. The number of rotatable bonds is 2. The Kier molecular flexibility index (Phi) is 1.94. The highest BCUT2D eigenvalue weighted by atomic mass is 15.0. The van der Waals surface area contributed by atoms with Crippen LogP contribution < -0.4 is 5.32 Å². The van der Waals surface area contributed by atoms with Gasteiger partial charge in [-0.3, -0.25) is 0 Å². The Hall–Kier alpha value is -0.550. The van der Waals surface area contributed by atoms with Gasteiger partial charge in [-0.1, -0.05) is 0 Å². The summed E-state index contributed by atoms with van der Waals surface area (Å²) in [6, 6.07) is 2.36. The van der Waals surface area contributed by atoms with Gasteiger partial charge in [0.15, 0.2) is 0 Å². The van der Waals surface area contributed by atoms with E-state index in [1.807, 2.05) is 0 Å². The average Bonchev–Trinajstić information content (AvgIpc) is 2.63. The summed E-state index contributed by atoms with van der Waals surface area (Å²) < 4.78 is 0. The first-order valence-corrected chi connectivity index (χ1v) is 4.14. The van der Waals surface area contributed by atoms with E-state index in [2.05, 4.69) is 32.2 Å². The third-order valence-electron chi connectivity index (χ3n) is 2.05. The highest BCUT2D eigenvalue weighted by molar-refractivity contribution is 5.11. The largest absolute Gasteiger partial charge is 0.310 e. The van der Waals surface area contributed by atoms with E-state index in [1.165, 1.54) is 0 Å². The molecule has 0 aromatic carbocycles. The van der Waals surface area contributed by atoms with Gasteiger partial charge in [0.1, 0.15) is 0 Å². The Morgan fingerprint density at radius 3 is 2.27 bits per heavy atom. The van der Waals surface area contributed by atoms with Crippen LogP contribution in [0.1, 0.15) is 33.6 Å². The van der Waals surface area contributed by atoms with Gasteiger partial charge in [0.2, 0.25) is 0 Å². The lowest BCUT2D eigenvalue weighted by Crippen LogP contribution is -2.39. The first kappa shape index (κ1) is 8.55. The second-order valence-electron chi connectivity index (χ2n) is 4.50. The normalized spacial score (nSPS) is 20.9. The quantitative estimate of drug-likeness (QED) is 0.653. The molecule has 0 atom stereocenters. The Morgan fingerprint density at radius 1 is 1.45 bits per heavy atom. The minimum atomic E-state index is -0.00667. The van der Waals surface area contributed by atoms with Crippen LogP contribution in [0.3, 0.4) is 0 Å². The molecular weight excluding hydrogens is 136 g/mol. The molecule has 0 heterocycles. The summed E-state index contributed by atoms with van der Waals surface area (Å²) in [4.78, 5) is 0. The number of hydrogen-bond acceptors (Lipinski definition) is 2. The fraction of sp³-hybridized carbons (Fsp3) is 0.889. The van der Waals surface area contributed by atoms with E-state index in [-0.39, 0.29) is 11.0 Å². The standard InChI is InChI=1S/C9H16N2/c1-8(2,3)11-7-9(6-10)4-5-9/h11H,4-5,7H2,1-3H3. The van der Waals surface area contributed by atoms with Gasteiger partial charge < -0.3 is 5.32 Å². The van der Waals surface area contributed by atoms with Crippen molar-refractivity contribution in [2.75, 3.05) is 6.54 Å². The summed E-state index contributed by atoms with van der Waals surface area (Å²) in [5.41, 5.74) is 0.139. The van der Waals surface area contributed by atoms with Crippen molar-refractivity contribution in [3.63, 3.8) is 0 Å². The molecule has 1 saturated carbocycles. The molecule has 0 aromatic rings. The summed E-state index contributed by atoms with van der Waals surface area (Å²) in [6.45, 7) is 7.23. The molecule has 0 saturated heterocycles. The van der Waals surface area contributed by atoms with Gasteiger partial charge >= 0.3 is 0 Å². The summed E-state index contributed by atoms with van der Waals surface area (Å²) in [7, 11) is 0. The van der Waals surface area contributed by atoms with E-state index in [1.54, 1.807) is 0 Å². The van der Waals surface area contributed by atoms with Crippen molar-refractivity contribution in [2.45, 2.75) is 39.2 Å². The molecule has 0 radical (unpaired) electrons. The summed E-state index contributed by atoms with van der Waals surface area (Å²) in [6.07, 6.45) is 2.15. The lowest BCUT2D eigenvalue weighted by Gasteiger charge is -2.22. The van der Waals surface area contributed by atoms with Crippen molar-refractivity contribution in [3.8, 4) is 6.07 Å². The maximum absolute atomic E-state index is 8.76. The van der Waals surface area contributed by atoms with E-state index in [0.717, 1.165) is 19.4 Å². The number of nitrogens with zero attached hydrogens (tertiary/aromatic N) is 1. The molecule has 1 aliphatic rings. The predicted octanol–water partition coefficient (Wildman–Crippen LogP) is 1.68. The molecule has 0 bridgehead atoms. The smallest absolute Gasteiger partial charge is 0.0703 e. The molecule has 62 valence electrons. The summed E-state index contributed by atoms with van der Waals surface area (Å²) >= 11 is 0. The van der Waals surface area contributed by atoms with Gasteiger partial charge in [0, 0.05) is 12.1 Å². The van der Waals surface area contributed by atoms with Crippen molar-refractivity contribution in [3.05, 3.63) is 0 Å². The number of nitrogens with one attached hydrogen (secondary N) is 1. The molecule has 1 fully saturated rings. The van der Waals surface area contributed by atoms with Crippen LogP contribution in [0.2, 0.25) is 0 Å². The lowest BCUT2D eigenvalue weighted by molar-refractivity contribution is 0.393. The fourth-order valence-corrected chi connectivity index (χ4v) is 0.913. The topological polar surface area (TPSA) is 35.8 Å². The monoisotopic (exact) mass is 152 g/mol. The van der Waals surface area contributed by atoms with Gasteiger partial charge in [-0.15, -0.1) is 0 Å². The van der Waals surface area contributed by atoms with Gasteiger partial charge in [-0.25, -0.2) is 0 Å². The molecular formula is C9H16N2. The van der Waals surface area contributed by atoms with Crippen LogP contribution in [-0.4, -0.2) is 12.1 Å². The van der Waals surface area contributed by atoms with E-state index >= 15 is 0 Å². The highest BCUT2D eigenvalue weighted by Gasteiger charge is 2.43.